The van der Waals surface area contributed by atoms with Crippen LogP contribution < -0.4 is 9.46 Å². The van der Waals surface area contributed by atoms with Crippen LogP contribution in [0.5, 0.6) is 5.75 Å². The molecular formula is C21H27NO6S. The zero-order chi connectivity index (χ0) is 21.7. The molecule has 1 unspecified atom stereocenters. The van der Waals surface area contributed by atoms with Gasteiger partial charge in [-0.2, -0.15) is 0 Å². The fraction of sp³-hybridized carbons (Fsp3) is 0.381. The van der Waals surface area contributed by atoms with Crippen molar-refractivity contribution in [1.82, 2.24) is 4.72 Å². The molecule has 0 saturated carbocycles. The Labute approximate surface area is 172 Å². The van der Waals surface area contributed by atoms with Crippen molar-refractivity contribution in [1.29, 1.82) is 0 Å². The molecule has 2 rings (SSSR count). The van der Waals surface area contributed by atoms with Crippen LogP contribution in [0.15, 0.2) is 47.4 Å². The van der Waals surface area contributed by atoms with E-state index in [1.54, 1.807) is 64.1 Å². The van der Waals surface area contributed by atoms with Gasteiger partial charge in [0.2, 0.25) is 10.0 Å². The Morgan fingerprint density at radius 2 is 1.83 bits per heavy atom. The summed E-state index contributed by atoms with van der Waals surface area (Å²) >= 11 is 0. The summed E-state index contributed by atoms with van der Waals surface area (Å²) in [6.07, 6.45) is 0.213. The molecule has 2 aromatic carbocycles. The van der Waals surface area contributed by atoms with Crippen LogP contribution in [0.3, 0.4) is 0 Å². The number of rotatable bonds is 9. The lowest BCUT2D eigenvalue weighted by atomic mass is 10.0. The number of carbonyl (C=O) groups is 1. The summed E-state index contributed by atoms with van der Waals surface area (Å²) in [6, 6.07) is 11.5. The summed E-state index contributed by atoms with van der Waals surface area (Å²) in [4.78, 5) is 11.7. The number of hydrogen-bond donors (Lipinski definition) is 1. The van der Waals surface area contributed by atoms with Gasteiger partial charge in [0.15, 0.2) is 19.4 Å². The molecule has 7 nitrogen and oxygen atoms in total. The van der Waals surface area contributed by atoms with Crippen LogP contribution in [-0.2, 0) is 19.5 Å². The fourth-order valence-corrected chi connectivity index (χ4v) is 4.25. The van der Waals surface area contributed by atoms with Crippen molar-refractivity contribution in [2.75, 3.05) is 13.9 Å². The summed E-state index contributed by atoms with van der Waals surface area (Å²) in [5, 5.41) is 0. The molecule has 0 spiro atoms. The average Bonchev–Trinajstić information content (AvgIpc) is 2.66. The number of sulfonamides is 1. The van der Waals surface area contributed by atoms with Crippen LogP contribution in [0.2, 0.25) is 0 Å². The molecule has 0 aliphatic carbocycles. The van der Waals surface area contributed by atoms with Gasteiger partial charge in [-0.05, 0) is 51.5 Å². The molecular weight excluding hydrogens is 394 g/mol. The lowest BCUT2D eigenvalue weighted by Gasteiger charge is -2.21. The third kappa shape index (κ3) is 6.37. The number of aldehydes is 1. The van der Waals surface area contributed by atoms with Crippen molar-refractivity contribution in [2.45, 2.75) is 44.4 Å². The molecule has 0 radical (unpaired) electrons. The van der Waals surface area contributed by atoms with Crippen molar-refractivity contribution < 1.29 is 27.4 Å². The van der Waals surface area contributed by atoms with E-state index in [1.807, 2.05) is 0 Å². The molecule has 0 bridgehead atoms. The smallest absolute Gasteiger partial charge is 0.241 e. The highest BCUT2D eigenvalue weighted by Gasteiger charge is 2.25. The standard InChI is InChI=1S/C21H27NO6S/c1-15(26-5)27-14-28-19-11-10-16(12-17(19)13-23)18-8-6-7-9-20(18)29(24,25)22-21(2,3)4/h6-13,15,22H,14H2,1-5H3. The maximum atomic E-state index is 12.9. The van der Waals surface area contributed by atoms with E-state index in [2.05, 4.69) is 4.72 Å². The van der Waals surface area contributed by atoms with Crippen LogP contribution in [-0.4, -0.2) is 40.4 Å². The van der Waals surface area contributed by atoms with Gasteiger partial charge in [-0.25, -0.2) is 13.1 Å². The minimum Gasteiger partial charge on any atom is -0.467 e. The van der Waals surface area contributed by atoms with Gasteiger partial charge in [-0.15, -0.1) is 0 Å². The SMILES string of the molecule is COC(C)OCOc1ccc(-c2ccccc2S(=O)(=O)NC(C)(C)C)cc1C=O. The second-order valence-corrected chi connectivity index (χ2v) is 9.11. The van der Waals surface area contributed by atoms with Gasteiger partial charge < -0.3 is 14.2 Å². The first-order valence-electron chi connectivity index (χ1n) is 9.07. The van der Waals surface area contributed by atoms with Crippen LogP contribution in [0.1, 0.15) is 38.1 Å². The van der Waals surface area contributed by atoms with E-state index in [4.69, 9.17) is 14.2 Å². The Bertz CT molecular complexity index is 950. The zero-order valence-electron chi connectivity index (χ0n) is 17.3. The predicted molar refractivity (Wildman–Crippen MR) is 110 cm³/mol. The quantitative estimate of drug-likeness (QED) is 0.492. The Morgan fingerprint density at radius 3 is 2.45 bits per heavy atom. The lowest BCUT2D eigenvalue weighted by Crippen LogP contribution is -2.40. The molecule has 0 amide bonds. The van der Waals surface area contributed by atoms with E-state index in [1.165, 1.54) is 13.2 Å². The molecule has 0 saturated heterocycles. The largest absolute Gasteiger partial charge is 0.467 e. The zero-order valence-corrected chi connectivity index (χ0v) is 18.1. The molecule has 2 aromatic rings. The molecule has 0 aromatic heterocycles. The molecule has 0 fully saturated rings. The highest BCUT2D eigenvalue weighted by Crippen LogP contribution is 2.31. The van der Waals surface area contributed by atoms with Crippen molar-refractivity contribution >= 4 is 16.3 Å². The summed E-state index contributed by atoms with van der Waals surface area (Å²) in [5.41, 5.74) is 0.729. The van der Waals surface area contributed by atoms with E-state index in [9.17, 15) is 13.2 Å². The number of nitrogens with one attached hydrogen (secondary N) is 1. The molecule has 1 N–H and O–H groups in total. The van der Waals surface area contributed by atoms with Gasteiger partial charge >= 0.3 is 0 Å². The maximum Gasteiger partial charge on any atom is 0.241 e. The molecule has 29 heavy (non-hydrogen) atoms. The highest BCUT2D eigenvalue weighted by atomic mass is 32.2. The summed E-state index contributed by atoms with van der Waals surface area (Å²) in [6.45, 7) is 6.95. The van der Waals surface area contributed by atoms with Crippen molar-refractivity contribution in [3.8, 4) is 16.9 Å². The third-order valence-electron chi connectivity index (χ3n) is 3.91. The van der Waals surface area contributed by atoms with Gasteiger partial charge in [0, 0.05) is 18.2 Å². The van der Waals surface area contributed by atoms with E-state index in [0.29, 0.717) is 23.2 Å². The first-order chi connectivity index (χ1) is 13.6. The molecule has 0 heterocycles. The Kier molecular flexibility index (Phi) is 7.54. The number of benzene rings is 2. The number of carbonyl (C=O) groups excluding carboxylic acids is 1. The van der Waals surface area contributed by atoms with E-state index in [0.717, 1.165) is 0 Å². The van der Waals surface area contributed by atoms with E-state index in [-0.39, 0.29) is 17.3 Å². The minimum atomic E-state index is -3.76. The van der Waals surface area contributed by atoms with Crippen LogP contribution >= 0.6 is 0 Å². The molecule has 0 aliphatic heterocycles. The predicted octanol–water partition coefficient (Wildman–Crippen LogP) is 3.59. The summed E-state index contributed by atoms with van der Waals surface area (Å²) < 4.78 is 44.1. The Hall–Kier alpha value is -2.26. The summed E-state index contributed by atoms with van der Waals surface area (Å²) in [5.74, 6) is 0.334. The average molecular weight is 422 g/mol. The summed E-state index contributed by atoms with van der Waals surface area (Å²) in [7, 11) is -2.25. The molecule has 0 aliphatic rings. The maximum absolute atomic E-state index is 12.9. The fourth-order valence-electron chi connectivity index (χ4n) is 2.60. The van der Waals surface area contributed by atoms with Gasteiger partial charge in [-0.1, -0.05) is 24.3 Å². The molecule has 158 valence electrons. The normalized spacial score (nSPS) is 13.1. The Balaban J connectivity index is 2.38. The number of hydrogen-bond acceptors (Lipinski definition) is 6. The molecule has 8 heteroatoms. The van der Waals surface area contributed by atoms with Gasteiger partial charge in [0.25, 0.3) is 0 Å². The monoisotopic (exact) mass is 421 g/mol. The van der Waals surface area contributed by atoms with Gasteiger partial charge in [0.1, 0.15) is 5.75 Å². The Morgan fingerprint density at radius 1 is 1.14 bits per heavy atom. The highest BCUT2D eigenvalue weighted by molar-refractivity contribution is 7.89. The molecule has 1 atom stereocenters. The van der Waals surface area contributed by atoms with Crippen LogP contribution in [0.4, 0.5) is 0 Å². The van der Waals surface area contributed by atoms with E-state index >= 15 is 0 Å². The van der Waals surface area contributed by atoms with Crippen LogP contribution in [0.25, 0.3) is 11.1 Å². The third-order valence-corrected chi connectivity index (χ3v) is 5.73. The first-order valence-corrected chi connectivity index (χ1v) is 10.6. The second-order valence-electron chi connectivity index (χ2n) is 7.45. The number of methoxy groups -OCH3 is 1. The number of ether oxygens (including phenoxy) is 3. The minimum absolute atomic E-state index is 0.0876. The van der Waals surface area contributed by atoms with Crippen molar-refractivity contribution in [3.05, 3.63) is 48.0 Å². The van der Waals surface area contributed by atoms with Crippen molar-refractivity contribution in [2.24, 2.45) is 0 Å². The first kappa shape index (κ1) is 23.0. The van der Waals surface area contributed by atoms with Gasteiger partial charge in [0.05, 0.1) is 10.5 Å². The second kappa shape index (κ2) is 9.49. The lowest BCUT2D eigenvalue weighted by molar-refractivity contribution is -0.149. The topological polar surface area (TPSA) is 90.9 Å². The van der Waals surface area contributed by atoms with Crippen LogP contribution in [0, 0.1) is 0 Å². The van der Waals surface area contributed by atoms with Gasteiger partial charge in [-0.3, -0.25) is 4.79 Å². The van der Waals surface area contributed by atoms with Crippen molar-refractivity contribution in [3.63, 3.8) is 0 Å². The van der Waals surface area contributed by atoms with E-state index < -0.39 is 21.9 Å².